The molecule has 5 nitrogen and oxygen atoms in total. The van der Waals surface area contributed by atoms with E-state index in [1.54, 1.807) is 0 Å². The van der Waals surface area contributed by atoms with E-state index in [2.05, 4.69) is 41.5 Å². The van der Waals surface area contributed by atoms with Crippen LogP contribution in [0.3, 0.4) is 0 Å². The number of fused-ring (bicyclic) bond motifs is 7. The van der Waals surface area contributed by atoms with Gasteiger partial charge in [0.15, 0.2) is 5.78 Å². The SMILES string of the molecule is CC1(C)C(=N)CC[C@@]2(C)C1CC[C@]1(C)[C@@H]2C(=O)C=C2[C@@H]3C[C@@](C)(C(=O)NO)CC[C@]3(C)CC[C@]21C. The molecule has 8 atom stereocenters. The Kier molecular flexibility index (Phi) is 5.25. The number of hydroxylamine groups is 1. The highest BCUT2D eigenvalue weighted by atomic mass is 16.5. The van der Waals surface area contributed by atoms with E-state index in [-0.39, 0.29) is 44.8 Å². The normalized spacial score (nSPS) is 50.7. The molecule has 4 saturated carbocycles. The molecule has 5 heteroatoms. The zero-order valence-corrected chi connectivity index (χ0v) is 22.9. The zero-order chi connectivity index (χ0) is 25.8. The molecule has 1 unspecified atom stereocenters. The van der Waals surface area contributed by atoms with Gasteiger partial charge in [-0.3, -0.25) is 14.8 Å². The summed E-state index contributed by atoms with van der Waals surface area (Å²) in [5.74, 6) is 0.519. The Balaban J connectivity index is 1.62. The van der Waals surface area contributed by atoms with Crippen molar-refractivity contribution in [2.75, 3.05) is 0 Å². The predicted molar refractivity (Wildman–Crippen MR) is 137 cm³/mol. The number of nitrogens with one attached hydrogen (secondary N) is 2. The van der Waals surface area contributed by atoms with Gasteiger partial charge in [-0.2, -0.15) is 0 Å². The van der Waals surface area contributed by atoms with E-state index in [1.165, 1.54) is 5.57 Å². The lowest BCUT2D eigenvalue weighted by Gasteiger charge is -2.70. The van der Waals surface area contributed by atoms with Crippen LogP contribution in [0.15, 0.2) is 11.6 Å². The first-order valence-electron chi connectivity index (χ1n) is 13.9. The zero-order valence-electron chi connectivity index (χ0n) is 22.9. The highest BCUT2D eigenvalue weighted by molar-refractivity contribution is 5.96. The molecule has 3 N–H and O–H groups in total. The van der Waals surface area contributed by atoms with E-state index < -0.39 is 5.41 Å². The molecule has 0 aromatic rings. The third-order valence-corrected chi connectivity index (χ3v) is 13.1. The largest absolute Gasteiger partial charge is 0.309 e. The molecule has 0 radical (unpaired) electrons. The summed E-state index contributed by atoms with van der Waals surface area (Å²) in [7, 11) is 0. The fraction of sp³-hybridized carbons (Fsp3) is 0.833. The lowest BCUT2D eigenvalue weighted by atomic mass is 9.33. The quantitative estimate of drug-likeness (QED) is 0.295. The van der Waals surface area contributed by atoms with Crippen molar-refractivity contribution in [2.45, 2.75) is 106 Å². The van der Waals surface area contributed by atoms with E-state index >= 15 is 0 Å². The van der Waals surface area contributed by atoms with Crippen molar-refractivity contribution >= 4 is 17.4 Å². The number of hydrogen-bond acceptors (Lipinski definition) is 4. The number of ketones is 1. The molecule has 0 saturated heterocycles. The lowest BCUT2D eigenvalue weighted by molar-refractivity contribution is -0.175. The van der Waals surface area contributed by atoms with Gasteiger partial charge in [0.25, 0.3) is 0 Å². The molecule has 194 valence electrons. The summed E-state index contributed by atoms with van der Waals surface area (Å²) >= 11 is 0. The summed E-state index contributed by atoms with van der Waals surface area (Å²) in [5.41, 5.74) is 3.10. The Hall–Kier alpha value is -1.49. The van der Waals surface area contributed by atoms with Crippen LogP contribution in [0.5, 0.6) is 0 Å². The Labute approximate surface area is 211 Å². The van der Waals surface area contributed by atoms with Crippen molar-refractivity contribution in [1.82, 2.24) is 5.48 Å². The van der Waals surface area contributed by atoms with Crippen LogP contribution in [0, 0.1) is 55.7 Å². The third-order valence-electron chi connectivity index (χ3n) is 13.1. The van der Waals surface area contributed by atoms with Gasteiger partial charge in [0.05, 0.1) is 0 Å². The monoisotopic (exact) mass is 482 g/mol. The molecule has 0 aromatic carbocycles. The Morgan fingerprint density at radius 1 is 1.00 bits per heavy atom. The van der Waals surface area contributed by atoms with Gasteiger partial charge in [-0.1, -0.05) is 54.0 Å². The first-order valence-corrected chi connectivity index (χ1v) is 13.9. The molecule has 5 aliphatic carbocycles. The van der Waals surface area contributed by atoms with Crippen molar-refractivity contribution in [3.8, 4) is 0 Å². The molecule has 4 fully saturated rings. The smallest absolute Gasteiger partial charge is 0.249 e. The number of amides is 1. The van der Waals surface area contributed by atoms with Crippen LogP contribution in [0.4, 0.5) is 0 Å². The van der Waals surface area contributed by atoms with Crippen LogP contribution in [0.2, 0.25) is 0 Å². The van der Waals surface area contributed by atoms with Crippen molar-refractivity contribution in [3.63, 3.8) is 0 Å². The van der Waals surface area contributed by atoms with Crippen molar-refractivity contribution in [3.05, 3.63) is 11.6 Å². The molecule has 1 amide bonds. The topological polar surface area (TPSA) is 90.2 Å². The molecule has 0 aliphatic heterocycles. The van der Waals surface area contributed by atoms with Gasteiger partial charge in [0.2, 0.25) is 5.91 Å². The van der Waals surface area contributed by atoms with Crippen LogP contribution in [-0.4, -0.2) is 22.6 Å². The van der Waals surface area contributed by atoms with Crippen molar-refractivity contribution in [2.24, 2.45) is 50.2 Å². The van der Waals surface area contributed by atoms with Crippen LogP contribution >= 0.6 is 0 Å². The van der Waals surface area contributed by atoms with Gasteiger partial charge < -0.3 is 5.41 Å². The summed E-state index contributed by atoms with van der Waals surface area (Å²) in [6.45, 7) is 16.0. The minimum atomic E-state index is -0.615. The van der Waals surface area contributed by atoms with E-state index in [9.17, 15) is 14.8 Å². The number of carbonyl (C=O) groups is 2. The average Bonchev–Trinajstić information content (AvgIpc) is 2.78. The fourth-order valence-electron chi connectivity index (χ4n) is 10.3. The Morgan fingerprint density at radius 2 is 1.66 bits per heavy atom. The van der Waals surface area contributed by atoms with Crippen LogP contribution in [-0.2, 0) is 9.59 Å². The lowest BCUT2D eigenvalue weighted by Crippen LogP contribution is -2.66. The van der Waals surface area contributed by atoms with Gasteiger partial charge in [-0.25, -0.2) is 5.48 Å². The highest BCUT2D eigenvalue weighted by Crippen LogP contribution is 2.74. The summed E-state index contributed by atoms with van der Waals surface area (Å²) in [6.07, 6.45) is 10.5. The molecular formula is C30H46N2O3. The molecule has 5 aliphatic rings. The van der Waals surface area contributed by atoms with Gasteiger partial charge in [-0.05, 0) is 97.4 Å². The standard InChI is InChI=1S/C30H46N2O3/c1-25(2)21-8-11-30(7)23(28(21,5)10-9-22(25)31)20(33)16-18-19-17-27(4,24(34)32-35)13-12-26(19,3)14-15-29(18,30)6/h16,19,21,23,31,35H,8-15,17H2,1-7H3,(H,32,34)/t19-,21?,23+,26+,27-,28-,29+,30+/m0/s1. The van der Waals surface area contributed by atoms with E-state index in [0.717, 1.165) is 57.1 Å². The molecule has 0 heterocycles. The van der Waals surface area contributed by atoms with Gasteiger partial charge in [0, 0.05) is 22.5 Å². The molecule has 0 bridgehead atoms. The van der Waals surface area contributed by atoms with Crippen LogP contribution in [0.25, 0.3) is 0 Å². The maximum Gasteiger partial charge on any atom is 0.249 e. The third kappa shape index (κ3) is 3.00. The van der Waals surface area contributed by atoms with Crippen molar-refractivity contribution in [1.29, 1.82) is 5.41 Å². The van der Waals surface area contributed by atoms with E-state index in [0.29, 0.717) is 18.1 Å². The minimum Gasteiger partial charge on any atom is -0.309 e. The van der Waals surface area contributed by atoms with Gasteiger partial charge in [0.1, 0.15) is 0 Å². The Bertz CT molecular complexity index is 1030. The minimum absolute atomic E-state index is 0.0186. The molecule has 35 heavy (non-hydrogen) atoms. The predicted octanol–water partition coefficient (Wildman–Crippen LogP) is 6.49. The number of rotatable bonds is 1. The number of hydrogen-bond donors (Lipinski definition) is 3. The fourth-order valence-corrected chi connectivity index (χ4v) is 10.3. The first kappa shape index (κ1) is 25.2. The summed E-state index contributed by atoms with van der Waals surface area (Å²) in [4.78, 5) is 26.9. The molecular weight excluding hydrogens is 436 g/mol. The first-order chi connectivity index (χ1) is 16.1. The Morgan fingerprint density at radius 3 is 2.31 bits per heavy atom. The highest BCUT2D eigenvalue weighted by Gasteiger charge is 2.70. The second-order valence-electron chi connectivity index (χ2n) is 14.9. The number of carbonyl (C=O) groups excluding carboxylic acids is 2. The maximum absolute atomic E-state index is 14.3. The maximum atomic E-state index is 14.3. The van der Waals surface area contributed by atoms with E-state index in [4.69, 9.17) is 5.41 Å². The summed E-state index contributed by atoms with van der Waals surface area (Å²) in [6, 6.07) is 0. The summed E-state index contributed by atoms with van der Waals surface area (Å²) < 4.78 is 0. The molecule has 5 rings (SSSR count). The van der Waals surface area contributed by atoms with Gasteiger partial charge in [-0.15, -0.1) is 0 Å². The van der Waals surface area contributed by atoms with Crippen molar-refractivity contribution < 1.29 is 14.8 Å². The molecule has 0 spiro atoms. The van der Waals surface area contributed by atoms with Crippen LogP contribution < -0.4 is 5.48 Å². The second-order valence-corrected chi connectivity index (χ2v) is 14.9. The second kappa shape index (κ2) is 7.30. The van der Waals surface area contributed by atoms with Crippen LogP contribution in [0.1, 0.15) is 106 Å². The summed E-state index contributed by atoms with van der Waals surface area (Å²) in [5, 5.41) is 18.1. The molecule has 0 aromatic heterocycles. The van der Waals surface area contributed by atoms with E-state index in [1.807, 2.05) is 18.5 Å². The number of allylic oxidation sites excluding steroid dienone is 2. The average molecular weight is 483 g/mol. The van der Waals surface area contributed by atoms with Gasteiger partial charge >= 0.3 is 0 Å².